The first-order valence-electron chi connectivity index (χ1n) is 8.02. The molecule has 1 unspecified atom stereocenters. The maximum absolute atomic E-state index is 13.0. The number of aryl methyl sites for hydroxylation is 1. The number of hydrogen-bond donors (Lipinski definition) is 2. The van der Waals surface area contributed by atoms with E-state index in [1.807, 2.05) is 0 Å². The van der Waals surface area contributed by atoms with Crippen molar-refractivity contribution in [2.75, 3.05) is 13.1 Å². The zero-order chi connectivity index (χ0) is 16.6. The molecule has 6 nitrogen and oxygen atoms in total. The second kappa shape index (κ2) is 6.31. The molecule has 1 aromatic heterocycles. The Bertz CT molecular complexity index is 668. The molecule has 0 bridgehead atoms. The second-order valence-electron chi connectivity index (χ2n) is 6.27. The normalized spacial score (nSPS) is 20.9. The lowest BCUT2D eigenvalue weighted by Gasteiger charge is -2.31. The van der Waals surface area contributed by atoms with Crippen molar-refractivity contribution >= 4 is 29.1 Å². The van der Waals surface area contributed by atoms with Gasteiger partial charge in [0, 0.05) is 18.0 Å². The number of thiophene rings is 1. The van der Waals surface area contributed by atoms with Gasteiger partial charge in [-0.25, -0.2) is 0 Å². The highest BCUT2D eigenvalue weighted by Crippen LogP contribution is 2.35. The summed E-state index contributed by atoms with van der Waals surface area (Å²) in [6.45, 7) is 0.919. The Labute approximate surface area is 138 Å². The minimum Gasteiger partial charge on any atom is -0.369 e. The first-order chi connectivity index (χ1) is 11.0. The summed E-state index contributed by atoms with van der Waals surface area (Å²) >= 11 is 1.36. The summed E-state index contributed by atoms with van der Waals surface area (Å²) in [4.78, 5) is 39.3. The van der Waals surface area contributed by atoms with Crippen LogP contribution in [0.5, 0.6) is 0 Å². The Morgan fingerprint density at radius 3 is 2.52 bits per heavy atom. The molecule has 2 heterocycles. The molecule has 1 aliphatic carbocycles. The Hall–Kier alpha value is -1.89. The highest BCUT2D eigenvalue weighted by molar-refractivity contribution is 7.14. The number of nitrogens with zero attached hydrogens (tertiary/aromatic N) is 1. The molecule has 2 aliphatic rings. The molecule has 124 valence electrons. The van der Waals surface area contributed by atoms with Crippen molar-refractivity contribution in [2.24, 2.45) is 17.4 Å². The number of hydrogen-bond acceptors (Lipinski definition) is 4. The molecule has 1 atom stereocenters. The maximum Gasteiger partial charge on any atom is 0.259 e. The smallest absolute Gasteiger partial charge is 0.259 e. The number of piperidine rings is 1. The molecule has 1 aliphatic heterocycles. The molecular formula is C16H21N3O3S. The number of rotatable bonds is 3. The van der Waals surface area contributed by atoms with E-state index < -0.39 is 5.91 Å². The van der Waals surface area contributed by atoms with E-state index in [4.69, 9.17) is 11.5 Å². The van der Waals surface area contributed by atoms with E-state index in [1.54, 1.807) is 4.90 Å². The van der Waals surface area contributed by atoms with Gasteiger partial charge >= 0.3 is 0 Å². The Kier molecular flexibility index (Phi) is 4.39. The average molecular weight is 335 g/mol. The Morgan fingerprint density at radius 2 is 1.83 bits per heavy atom. The van der Waals surface area contributed by atoms with E-state index in [9.17, 15) is 14.4 Å². The van der Waals surface area contributed by atoms with Crippen molar-refractivity contribution in [2.45, 2.75) is 38.5 Å². The fourth-order valence-electron chi connectivity index (χ4n) is 3.52. The number of primary amides is 2. The van der Waals surface area contributed by atoms with Gasteiger partial charge in [-0.15, -0.1) is 11.3 Å². The summed E-state index contributed by atoms with van der Waals surface area (Å²) in [5, 5.41) is 0. The molecule has 23 heavy (non-hydrogen) atoms. The van der Waals surface area contributed by atoms with Crippen LogP contribution in [0.2, 0.25) is 0 Å². The van der Waals surface area contributed by atoms with Gasteiger partial charge in [-0.1, -0.05) is 0 Å². The molecular weight excluding hydrogens is 314 g/mol. The van der Waals surface area contributed by atoms with E-state index in [0.717, 1.165) is 42.5 Å². The standard InChI is InChI=1S/C16H21N3O3S/c17-14(20)9-4-3-7-19(8-9)16(22)12-10-5-1-2-6-11(10)23-13(12)15(18)21/h9H,1-8H2,(H2,17,20)(H2,18,21). The third-order valence-corrected chi connectivity index (χ3v) is 6.03. The van der Waals surface area contributed by atoms with Crippen LogP contribution < -0.4 is 11.5 Å². The number of carbonyl (C=O) groups excluding carboxylic acids is 3. The van der Waals surface area contributed by atoms with Gasteiger partial charge in [0.15, 0.2) is 0 Å². The topological polar surface area (TPSA) is 106 Å². The summed E-state index contributed by atoms with van der Waals surface area (Å²) in [5.41, 5.74) is 12.3. The minimum atomic E-state index is -0.545. The van der Waals surface area contributed by atoms with E-state index in [-0.39, 0.29) is 17.7 Å². The molecule has 0 aromatic carbocycles. The third-order valence-electron chi connectivity index (χ3n) is 4.72. The zero-order valence-electron chi connectivity index (χ0n) is 13.0. The van der Waals surface area contributed by atoms with E-state index in [0.29, 0.717) is 30.0 Å². The lowest BCUT2D eigenvalue weighted by atomic mass is 9.92. The van der Waals surface area contributed by atoms with E-state index >= 15 is 0 Å². The third kappa shape index (κ3) is 2.97. The monoisotopic (exact) mass is 335 g/mol. The van der Waals surface area contributed by atoms with Crippen LogP contribution in [0.15, 0.2) is 0 Å². The van der Waals surface area contributed by atoms with Gasteiger partial charge in [0.2, 0.25) is 5.91 Å². The van der Waals surface area contributed by atoms with Gasteiger partial charge in [-0.05, 0) is 44.1 Å². The molecule has 1 saturated heterocycles. The van der Waals surface area contributed by atoms with Crippen molar-refractivity contribution in [1.29, 1.82) is 0 Å². The fraction of sp³-hybridized carbons (Fsp3) is 0.562. The lowest BCUT2D eigenvalue weighted by molar-refractivity contribution is -0.123. The van der Waals surface area contributed by atoms with Crippen LogP contribution in [0, 0.1) is 5.92 Å². The molecule has 1 fully saturated rings. The Balaban J connectivity index is 1.94. The first-order valence-corrected chi connectivity index (χ1v) is 8.83. The predicted molar refractivity (Wildman–Crippen MR) is 87.3 cm³/mol. The van der Waals surface area contributed by atoms with Crippen LogP contribution >= 0.6 is 11.3 Å². The number of likely N-dealkylation sites (tertiary alicyclic amines) is 1. The molecule has 4 N–H and O–H groups in total. The van der Waals surface area contributed by atoms with Gasteiger partial charge in [0.1, 0.15) is 4.88 Å². The van der Waals surface area contributed by atoms with Crippen LogP contribution in [0.1, 0.15) is 56.2 Å². The van der Waals surface area contributed by atoms with Crippen LogP contribution in [0.3, 0.4) is 0 Å². The fourth-order valence-corrected chi connectivity index (χ4v) is 4.75. The van der Waals surface area contributed by atoms with Crippen molar-refractivity contribution < 1.29 is 14.4 Å². The van der Waals surface area contributed by atoms with Crippen molar-refractivity contribution in [3.63, 3.8) is 0 Å². The highest BCUT2D eigenvalue weighted by atomic mass is 32.1. The van der Waals surface area contributed by atoms with Gasteiger partial charge in [-0.2, -0.15) is 0 Å². The van der Waals surface area contributed by atoms with Crippen molar-refractivity contribution in [1.82, 2.24) is 4.90 Å². The highest BCUT2D eigenvalue weighted by Gasteiger charge is 2.33. The van der Waals surface area contributed by atoms with E-state index in [1.165, 1.54) is 11.3 Å². The lowest BCUT2D eigenvalue weighted by Crippen LogP contribution is -2.44. The van der Waals surface area contributed by atoms with Crippen LogP contribution in [-0.4, -0.2) is 35.7 Å². The van der Waals surface area contributed by atoms with Crippen LogP contribution in [0.25, 0.3) is 0 Å². The molecule has 0 radical (unpaired) electrons. The number of amides is 3. The number of carbonyl (C=O) groups is 3. The molecule has 0 saturated carbocycles. The van der Waals surface area contributed by atoms with Crippen LogP contribution in [-0.2, 0) is 17.6 Å². The van der Waals surface area contributed by atoms with Gasteiger partial charge in [0.25, 0.3) is 11.8 Å². The molecule has 1 aromatic rings. The summed E-state index contributed by atoms with van der Waals surface area (Å²) < 4.78 is 0. The van der Waals surface area contributed by atoms with Gasteiger partial charge < -0.3 is 16.4 Å². The number of fused-ring (bicyclic) bond motifs is 1. The van der Waals surface area contributed by atoms with Crippen molar-refractivity contribution in [3.05, 3.63) is 20.9 Å². The summed E-state index contributed by atoms with van der Waals surface area (Å²) in [5.74, 6) is -1.40. The molecule has 0 spiro atoms. The minimum absolute atomic E-state index is 0.177. The summed E-state index contributed by atoms with van der Waals surface area (Å²) in [7, 11) is 0. The average Bonchev–Trinajstić information content (AvgIpc) is 2.94. The predicted octanol–water partition coefficient (Wildman–Crippen LogP) is 1.06. The molecule has 3 amide bonds. The zero-order valence-corrected chi connectivity index (χ0v) is 13.8. The van der Waals surface area contributed by atoms with Crippen molar-refractivity contribution in [3.8, 4) is 0 Å². The van der Waals surface area contributed by atoms with Gasteiger partial charge in [0.05, 0.1) is 11.5 Å². The molecule has 3 rings (SSSR count). The number of nitrogens with two attached hydrogens (primary N) is 2. The maximum atomic E-state index is 13.0. The SMILES string of the molecule is NC(=O)c1sc2c(c1C(=O)N1CCCC(C(N)=O)C1)CCCC2. The van der Waals surface area contributed by atoms with E-state index in [2.05, 4.69) is 0 Å². The second-order valence-corrected chi connectivity index (χ2v) is 7.38. The van der Waals surface area contributed by atoms with Gasteiger partial charge in [-0.3, -0.25) is 14.4 Å². The summed E-state index contributed by atoms with van der Waals surface area (Å²) in [6, 6.07) is 0. The quantitative estimate of drug-likeness (QED) is 0.862. The van der Waals surface area contributed by atoms with Crippen LogP contribution in [0.4, 0.5) is 0 Å². The molecule has 7 heteroatoms. The Morgan fingerprint density at radius 1 is 1.09 bits per heavy atom. The largest absolute Gasteiger partial charge is 0.369 e. The summed E-state index contributed by atoms with van der Waals surface area (Å²) in [6.07, 6.45) is 5.27. The first kappa shape index (κ1) is 16.0.